The molecular formula is C34H34N2O2. The Kier molecular flexibility index (Phi) is 7.69. The summed E-state index contributed by atoms with van der Waals surface area (Å²) in [6.07, 6.45) is 3.99. The summed E-state index contributed by atoms with van der Waals surface area (Å²) in [7, 11) is 0. The smallest absolute Gasteiger partial charge is 0.196 e. The third kappa shape index (κ3) is 4.74. The number of carbonyl (C=O) groups is 2. The molecular weight excluding hydrogens is 468 g/mol. The highest BCUT2D eigenvalue weighted by atomic mass is 16.1. The molecule has 0 unspecified atom stereocenters. The van der Waals surface area contributed by atoms with E-state index in [1.54, 1.807) is 12.1 Å². The number of hydrogen-bond acceptors (Lipinski definition) is 4. The molecule has 0 saturated carbocycles. The van der Waals surface area contributed by atoms with Gasteiger partial charge in [0.25, 0.3) is 0 Å². The molecule has 4 heteroatoms. The molecule has 192 valence electrons. The quantitative estimate of drug-likeness (QED) is 0.192. The van der Waals surface area contributed by atoms with Crippen LogP contribution in [0.4, 0.5) is 22.7 Å². The Morgan fingerprint density at radius 2 is 0.868 bits per heavy atom. The number of carbonyl (C=O) groups excluding carboxylic acids is 2. The van der Waals surface area contributed by atoms with Crippen molar-refractivity contribution < 1.29 is 9.59 Å². The number of benzene rings is 4. The highest BCUT2D eigenvalue weighted by molar-refractivity contribution is 6.32. The lowest BCUT2D eigenvalue weighted by Crippen LogP contribution is -2.30. The van der Waals surface area contributed by atoms with E-state index in [9.17, 15) is 9.59 Å². The Hall–Kier alpha value is -4.18. The van der Waals surface area contributed by atoms with Crippen molar-refractivity contribution in [2.75, 3.05) is 22.9 Å². The van der Waals surface area contributed by atoms with Gasteiger partial charge in [0.1, 0.15) is 0 Å². The number of hydrogen-bond donors (Lipinski definition) is 0. The van der Waals surface area contributed by atoms with Gasteiger partial charge in [0.15, 0.2) is 11.6 Å². The average molecular weight is 503 g/mol. The molecule has 0 N–H and O–H groups in total. The van der Waals surface area contributed by atoms with Gasteiger partial charge in [-0.2, -0.15) is 0 Å². The van der Waals surface area contributed by atoms with E-state index in [-0.39, 0.29) is 11.6 Å². The Balaban J connectivity index is 1.77. The van der Waals surface area contributed by atoms with E-state index in [0.717, 1.165) is 61.5 Å². The first kappa shape index (κ1) is 25.5. The predicted octanol–water partition coefficient (Wildman–Crippen LogP) is 8.34. The Morgan fingerprint density at radius 3 is 1.24 bits per heavy atom. The monoisotopic (exact) mass is 502 g/mol. The molecule has 0 spiro atoms. The highest BCUT2D eigenvalue weighted by Crippen LogP contribution is 2.43. The largest absolute Gasteiger partial charge is 0.341 e. The van der Waals surface area contributed by atoms with Crippen LogP contribution in [0.5, 0.6) is 0 Å². The molecule has 0 saturated heterocycles. The van der Waals surface area contributed by atoms with Crippen molar-refractivity contribution in [1.29, 1.82) is 0 Å². The maximum atomic E-state index is 14.2. The van der Waals surface area contributed by atoms with Crippen LogP contribution in [0.25, 0.3) is 0 Å². The Morgan fingerprint density at radius 1 is 0.500 bits per heavy atom. The number of para-hydroxylation sites is 2. The van der Waals surface area contributed by atoms with E-state index in [1.807, 2.05) is 60.7 Å². The summed E-state index contributed by atoms with van der Waals surface area (Å²) >= 11 is 0. The predicted molar refractivity (Wildman–Crippen MR) is 156 cm³/mol. The van der Waals surface area contributed by atoms with Crippen molar-refractivity contribution >= 4 is 34.3 Å². The van der Waals surface area contributed by atoms with Gasteiger partial charge in [0, 0.05) is 35.6 Å². The molecule has 0 heterocycles. The first-order chi connectivity index (χ1) is 18.7. The van der Waals surface area contributed by atoms with Gasteiger partial charge >= 0.3 is 0 Å². The average Bonchev–Trinajstić information content (AvgIpc) is 2.97. The van der Waals surface area contributed by atoms with Gasteiger partial charge in [-0.25, -0.2) is 0 Å². The summed E-state index contributed by atoms with van der Waals surface area (Å²) in [5.41, 5.74) is 5.58. The molecule has 0 bridgehead atoms. The lowest BCUT2D eigenvalue weighted by Gasteiger charge is -2.33. The van der Waals surface area contributed by atoms with Crippen molar-refractivity contribution in [2.24, 2.45) is 0 Å². The molecule has 4 nitrogen and oxygen atoms in total. The molecule has 38 heavy (non-hydrogen) atoms. The number of anilines is 4. The van der Waals surface area contributed by atoms with Gasteiger partial charge in [0.2, 0.25) is 0 Å². The molecule has 0 aliphatic heterocycles. The van der Waals surface area contributed by atoms with Crippen LogP contribution in [0.1, 0.15) is 71.4 Å². The van der Waals surface area contributed by atoms with Crippen LogP contribution in [0.2, 0.25) is 0 Å². The van der Waals surface area contributed by atoms with E-state index < -0.39 is 0 Å². The minimum absolute atomic E-state index is 0.0898. The Bertz CT molecular complexity index is 1320. The molecule has 0 amide bonds. The number of rotatable bonds is 10. The van der Waals surface area contributed by atoms with Crippen molar-refractivity contribution in [3.05, 3.63) is 119 Å². The molecule has 0 atom stereocenters. The van der Waals surface area contributed by atoms with E-state index >= 15 is 0 Å². The van der Waals surface area contributed by atoms with Crippen molar-refractivity contribution in [3.8, 4) is 0 Å². The summed E-state index contributed by atoms with van der Waals surface area (Å²) in [6.45, 7) is 5.84. The topological polar surface area (TPSA) is 40.6 Å². The maximum absolute atomic E-state index is 14.2. The molecule has 4 aromatic carbocycles. The second-order valence-electron chi connectivity index (χ2n) is 9.74. The molecule has 1 aliphatic carbocycles. The standard InChI is InChI=1S/C34H34N2O2/c1-3-5-23-35(25-15-9-7-10-16-25)29-21-22-30(36(24-6-4-2)26-17-11-8-12-18-26)32-31(29)33(37)27-19-13-14-20-28(27)34(32)38/h7-22H,3-6,23-24H2,1-2H3. The lowest BCUT2D eigenvalue weighted by atomic mass is 9.81. The molecule has 1 aliphatic rings. The summed E-state index contributed by atoms with van der Waals surface area (Å²) in [5.74, 6) is -0.180. The SMILES string of the molecule is CCCCN(c1ccccc1)c1ccc(N(CCCC)c2ccccc2)c2c1C(=O)c1ccccc1C2=O. The van der Waals surface area contributed by atoms with Crippen LogP contribution in [0.15, 0.2) is 97.1 Å². The third-order valence-electron chi connectivity index (χ3n) is 7.22. The fourth-order valence-electron chi connectivity index (χ4n) is 5.26. The summed E-state index contributed by atoms with van der Waals surface area (Å²) in [4.78, 5) is 32.8. The van der Waals surface area contributed by atoms with Crippen molar-refractivity contribution in [3.63, 3.8) is 0 Å². The normalized spacial score (nSPS) is 12.2. The van der Waals surface area contributed by atoms with Crippen molar-refractivity contribution in [2.45, 2.75) is 39.5 Å². The van der Waals surface area contributed by atoms with Crippen LogP contribution in [0, 0.1) is 0 Å². The minimum Gasteiger partial charge on any atom is -0.341 e. The zero-order valence-electron chi connectivity index (χ0n) is 22.2. The first-order valence-electron chi connectivity index (χ1n) is 13.7. The summed E-state index contributed by atoms with van der Waals surface area (Å²) < 4.78 is 0. The second-order valence-corrected chi connectivity index (χ2v) is 9.74. The maximum Gasteiger partial charge on any atom is 0.196 e. The lowest BCUT2D eigenvalue weighted by molar-refractivity contribution is 0.0980. The van der Waals surface area contributed by atoms with Gasteiger partial charge in [-0.1, -0.05) is 87.4 Å². The fraction of sp³-hybridized carbons (Fsp3) is 0.235. The summed E-state index contributed by atoms with van der Waals surface area (Å²) in [5, 5.41) is 0. The molecule has 5 rings (SSSR count). The first-order valence-corrected chi connectivity index (χ1v) is 13.7. The van der Waals surface area contributed by atoms with Crippen molar-refractivity contribution in [1.82, 2.24) is 0 Å². The molecule has 4 aromatic rings. The van der Waals surface area contributed by atoms with Gasteiger partial charge in [0.05, 0.1) is 22.5 Å². The highest BCUT2D eigenvalue weighted by Gasteiger charge is 2.36. The fourth-order valence-corrected chi connectivity index (χ4v) is 5.26. The van der Waals surface area contributed by atoms with Gasteiger partial charge in [-0.3, -0.25) is 9.59 Å². The van der Waals surface area contributed by atoms with E-state index in [0.29, 0.717) is 22.3 Å². The summed E-state index contributed by atoms with van der Waals surface area (Å²) in [6, 6.07) is 31.6. The van der Waals surface area contributed by atoms with Crippen LogP contribution < -0.4 is 9.80 Å². The van der Waals surface area contributed by atoms with E-state index in [1.165, 1.54) is 0 Å². The van der Waals surface area contributed by atoms with Crippen LogP contribution >= 0.6 is 0 Å². The zero-order chi connectivity index (χ0) is 26.5. The van der Waals surface area contributed by atoms with Gasteiger partial charge in [-0.05, 0) is 49.2 Å². The third-order valence-corrected chi connectivity index (χ3v) is 7.22. The molecule has 0 fully saturated rings. The number of unbranched alkanes of at least 4 members (excludes halogenated alkanes) is 2. The number of ketones is 2. The Labute approximate surface area is 225 Å². The van der Waals surface area contributed by atoms with E-state index in [2.05, 4.69) is 47.9 Å². The van der Waals surface area contributed by atoms with Crippen LogP contribution in [-0.4, -0.2) is 24.7 Å². The molecule has 0 radical (unpaired) electrons. The second kappa shape index (κ2) is 11.5. The van der Waals surface area contributed by atoms with Crippen LogP contribution in [0.3, 0.4) is 0 Å². The number of nitrogens with zero attached hydrogens (tertiary/aromatic N) is 2. The van der Waals surface area contributed by atoms with Crippen LogP contribution in [-0.2, 0) is 0 Å². The van der Waals surface area contributed by atoms with E-state index in [4.69, 9.17) is 0 Å². The zero-order valence-corrected chi connectivity index (χ0v) is 22.2. The minimum atomic E-state index is -0.0898. The number of fused-ring (bicyclic) bond motifs is 2. The van der Waals surface area contributed by atoms with Gasteiger partial charge < -0.3 is 9.80 Å². The van der Waals surface area contributed by atoms with Gasteiger partial charge in [-0.15, -0.1) is 0 Å². The molecule has 0 aromatic heterocycles.